The largest absolute Gasteiger partial charge is 0.352 e. The van der Waals surface area contributed by atoms with Crippen molar-refractivity contribution in [2.45, 2.75) is 59.4 Å². The Labute approximate surface area is 188 Å². The van der Waals surface area contributed by atoms with Crippen LogP contribution in [0.1, 0.15) is 59.5 Å². The van der Waals surface area contributed by atoms with E-state index in [1.54, 1.807) is 6.92 Å². The number of aromatic nitrogens is 3. The van der Waals surface area contributed by atoms with Crippen LogP contribution in [0.15, 0.2) is 30.3 Å². The molecule has 0 radical (unpaired) electrons. The minimum atomic E-state index is 0.0286. The number of hydrogen-bond acceptors (Lipinski definition) is 4. The third-order valence-corrected chi connectivity index (χ3v) is 6.45. The van der Waals surface area contributed by atoms with Gasteiger partial charge < -0.3 is 10.2 Å². The Hall–Kier alpha value is -3.22. The van der Waals surface area contributed by atoms with Crippen molar-refractivity contribution < 1.29 is 9.59 Å². The molecule has 2 aromatic heterocycles. The zero-order chi connectivity index (χ0) is 22.8. The molecule has 1 unspecified atom stereocenters. The van der Waals surface area contributed by atoms with Crippen molar-refractivity contribution in [3.05, 3.63) is 64.1 Å². The highest BCUT2D eigenvalue weighted by atomic mass is 16.2. The number of carbonyl (C=O) groups excluding carboxylic acids is 2. The lowest BCUT2D eigenvalue weighted by Crippen LogP contribution is -2.25. The summed E-state index contributed by atoms with van der Waals surface area (Å²) in [5.41, 5.74) is 7.13. The van der Waals surface area contributed by atoms with Gasteiger partial charge >= 0.3 is 0 Å². The van der Waals surface area contributed by atoms with E-state index < -0.39 is 0 Å². The molecule has 1 N–H and O–H groups in total. The average molecular weight is 434 g/mol. The lowest BCUT2D eigenvalue weighted by Gasteiger charge is -2.12. The lowest BCUT2D eigenvalue weighted by molar-refractivity contribution is -0.127. The van der Waals surface area contributed by atoms with E-state index >= 15 is 0 Å². The lowest BCUT2D eigenvalue weighted by atomic mass is 10.1. The number of benzene rings is 1. The highest BCUT2D eigenvalue weighted by Crippen LogP contribution is 2.28. The molecule has 1 aliphatic rings. The fraction of sp³-hybridized carbons (Fsp3) is 0.440. The van der Waals surface area contributed by atoms with Gasteiger partial charge in [0, 0.05) is 56.4 Å². The van der Waals surface area contributed by atoms with Crippen LogP contribution in [0.2, 0.25) is 0 Å². The summed E-state index contributed by atoms with van der Waals surface area (Å²) in [6.45, 7) is 9.73. The predicted molar refractivity (Wildman–Crippen MR) is 123 cm³/mol. The zero-order valence-corrected chi connectivity index (χ0v) is 19.3. The summed E-state index contributed by atoms with van der Waals surface area (Å²) in [6.07, 6.45) is 1.96. The first-order valence-corrected chi connectivity index (χ1v) is 11.3. The van der Waals surface area contributed by atoms with Crippen LogP contribution in [-0.4, -0.2) is 44.4 Å². The Morgan fingerprint density at radius 1 is 1.16 bits per heavy atom. The molecular formula is C25H31N5O2. The molecule has 168 valence electrons. The van der Waals surface area contributed by atoms with Gasteiger partial charge in [-0.3, -0.25) is 9.59 Å². The van der Waals surface area contributed by atoms with Gasteiger partial charge in [0.1, 0.15) is 0 Å². The summed E-state index contributed by atoms with van der Waals surface area (Å²) in [4.78, 5) is 30.7. The third kappa shape index (κ3) is 4.66. The van der Waals surface area contributed by atoms with Crippen LogP contribution in [0.4, 0.5) is 0 Å². The fourth-order valence-corrected chi connectivity index (χ4v) is 4.43. The van der Waals surface area contributed by atoms with Gasteiger partial charge in [-0.1, -0.05) is 29.8 Å². The van der Waals surface area contributed by atoms with Crippen molar-refractivity contribution in [3.63, 3.8) is 0 Å². The fourth-order valence-electron chi connectivity index (χ4n) is 4.43. The molecule has 2 amide bonds. The van der Waals surface area contributed by atoms with Crippen LogP contribution in [0.25, 0.3) is 5.65 Å². The second-order valence-electron chi connectivity index (χ2n) is 8.81. The number of amides is 2. The maximum Gasteiger partial charge on any atom is 0.220 e. The summed E-state index contributed by atoms with van der Waals surface area (Å²) in [5, 5.41) is 7.82. The second kappa shape index (κ2) is 9.10. The maximum absolute atomic E-state index is 12.4. The van der Waals surface area contributed by atoms with Gasteiger partial charge in [-0.2, -0.15) is 5.10 Å². The van der Waals surface area contributed by atoms with Crippen LogP contribution >= 0.6 is 0 Å². The summed E-state index contributed by atoms with van der Waals surface area (Å²) in [6, 6.07) is 10.2. The number of hydrogen-bond donors (Lipinski definition) is 1. The Morgan fingerprint density at radius 3 is 2.59 bits per heavy atom. The molecule has 0 saturated carbocycles. The Morgan fingerprint density at radius 2 is 1.91 bits per heavy atom. The first kappa shape index (κ1) is 22.0. The summed E-state index contributed by atoms with van der Waals surface area (Å²) >= 11 is 0. The van der Waals surface area contributed by atoms with Crippen molar-refractivity contribution >= 4 is 17.5 Å². The van der Waals surface area contributed by atoms with Gasteiger partial charge in [-0.15, -0.1) is 0 Å². The van der Waals surface area contributed by atoms with Gasteiger partial charge in [0.15, 0.2) is 5.65 Å². The molecule has 32 heavy (non-hydrogen) atoms. The van der Waals surface area contributed by atoms with E-state index in [-0.39, 0.29) is 17.7 Å². The van der Waals surface area contributed by atoms with E-state index in [4.69, 9.17) is 10.1 Å². The van der Waals surface area contributed by atoms with Crippen LogP contribution in [0.3, 0.4) is 0 Å². The number of likely N-dealkylation sites (tertiary alicyclic amines) is 1. The summed E-state index contributed by atoms with van der Waals surface area (Å²) < 4.78 is 1.89. The molecule has 7 nitrogen and oxygen atoms in total. The molecule has 1 saturated heterocycles. The van der Waals surface area contributed by atoms with Crippen LogP contribution in [0, 0.1) is 20.8 Å². The van der Waals surface area contributed by atoms with Crippen molar-refractivity contribution in [1.29, 1.82) is 0 Å². The van der Waals surface area contributed by atoms with Gasteiger partial charge in [0.05, 0.1) is 5.69 Å². The van der Waals surface area contributed by atoms with E-state index in [2.05, 4.69) is 24.4 Å². The standard InChI is InChI=1S/C25H31N5O2/c1-16-5-7-20(8-6-16)14-26-25(32)10-9-22-17(2)27-24-13-23(28-30(24)18(22)3)21-11-12-29(15-21)19(4)31/h5-8,13,21H,9-12,14-15H2,1-4H3,(H,26,32). The van der Waals surface area contributed by atoms with Crippen molar-refractivity contribution in [3.8, 4) is 0 Å². The summed E-state index contributed by atoms with van der Waals surface area (Å²) in [7, 11) is 0. The number of carbonyl (C=O) groups is 2. The monoisotopic (exact) mass is 433 g/mol. The van der Waals surface area contributed by atoms with Crippen molar-refractivity contribution in [2.75, 3.05) is 13.1 Å². The Balaban J connectivity index is 1.43. The number of nitrogens with zero attached hydrogens (tertiary/aromatic N) is 4. The van der Waals surface area contributed by atoms with E-state index in [0.717, 1.165) is 46.8 Å². The van der Waals surface area contributed by atoms with E-state index in [0.29, 0.717) is 25.9 Å². The Kier molecular flexibility index (Phi) is 6.26. The zero-order valence-electron chi connectivity index (χ0n) is 19.3. The molecule has 3 heterocycles. The van der Waals surface area contributed by atoms with E-state index in [1.807, 2.05) is 41.5 Å². The molecule has 1 atom stereocenters. The number of nitrogens with one attached hydrogen (secondary N) is 1. The Bertz CT molecular complexity index is 1150. The van der Waals surface area contributed by atoms with E-state index in [1.165, 1.54) is 5.56 Å². The molecule has 0 aliphatic carbocycles. The third-order valence-electron chi connectivity index (χ3n) is 6.45. The highest BCUT2D eigenvalue weighted by molar-refractivity contribution is 5.76. The molecule has 0 spiro atoms. The van der Waals surface area contributed by atoms with E-state index in [9.17, 15) is 9.59 Å². The molecule has 0 bridgehead atoms. The highest BCUT2D eigenvalue weighted by Gasteiger charge is 2.28. The predicted octanol–water partition coefficient (Wildman–Crippen LogP) is 3.24. The average Bonchev–Trinajstić information content (AvgIpc) is 3.40. The summed E-state index contributed by atoms with van der Waals surface area (Å²) in [5.74, 6) is 0.390. The maximum atomic E-state index is 12.4. The first-order valence-electron chi connectivity index (χ1n) is 11.3. The quantitative estimate of drug-likeness (QED) is 0.647. The molecule has 1 aliphatic heterocycles. The number of fused-ring (bicyclic) bond motifs is 1. The topological polar surface area (TPSA) is 79.6 Å². The van der Waals surface area contributed by atoms with Gasteiger partial charge in [-0.25, -0.2) is 9.50 Å². The minimum absolute atomic E-state index is 0.0286. The normalized spacial score (nSPS) is 16.0. The van der Waals surface area contributed by atoms with Crippen molar-refractivity contribution in [2.24, 2.45) is 0 Å². The van der Waals surface area contributed by atoms with Gasteiger partial charge in [0.2, 0.25) is 11.8 Å². The van der Waals surface area contributed by atoms with Gasteiger partial charge in [-0.05, 0) is 44.7 Å². The van der Waals surface area contributed by atoms with Crippen LogP contribution in [0.5, 0.6) is 0 Å². The van der Waals surface area contributed by atoms with Crippen molar-refractivity contribution in [1.82, 2.24) is 24.8 Å². The molecule has 1 fully saturated rings. The van der Waals surface area contributed by atoms with Gasteiger partial charge in [0.25, 0.3) is 0 Å². The number of aryl methyl sites for hydroxylation is 3. The molecular weight excluding hydrogens is 402 g/mol. The number of rotatable bonds is 6. The first-order chi connectivity index (χ1) is 15.3. The van der Waals surface area contributed by atoms with Crippen LogP contribution in [-0.2, 0) is 22.6 Å². The smallest absolute Gasteiger partial charge is 0.220 e. The molecule has 4 rings (SSSR count). The molecule has 3 aromatic rings. The SMILES string of the molecule is CC(=O)N1CCC(c2cc3nc(C)c(CCC(=O)NCc4ccc(C)cc4)c(C)n3n2)C1. The molecule has 1 aromatic carbocycles. The minimum Gasteiger partial charge on any atom is -0.352 e. The molecule has 7 heteroatoms. The second-order valence-corrected chi connectivity index (χ2v) is 8.81. The van der Waals surface area contributed by atoms with Crippen LogP contribution < -0.4 is 5.32 Å².